The topological polar surface area (TPSA) is 96.5 Å². The fourth-order valence-electron chi connectivity index (χ4n) is 2.34. The van der Waals surface area contributed by atoms with Crippen molar-refractivity contribution in [3.05, 3.63) is 16.1 Å². The van der Waals surface area contributed by atoms with E-state index in [1.807, 2.05) is 6.92 Å². The Hall–Kier alpha value is -1.47. The van der Waals surface area contributed by atoms with Gasteiger partial charge in [0, 0.05) is 24.9 Å². The Morgan fingerprint density at radius 1 is 1.65 bits per heavy atom. The number of aromatic nitrogens is 1. The van der Waals surface area contributed by atoms with Crippen molar-refractivity contribution < 1.29 is 14.7 Å². The van der Waals surface area contributed by atoms with E-state index in [1.165, 1.54) is 11.3 Å². The second-order valence-electron chi connectivity index (χ2n) is 5.20. The number of amides is 1. The van der Waals surface area contributed by atoms with Crippen LogP contribution >= 0.6 is 11.3 Å². The lowest BCUT2D eigenvalue weighted by Gasteiger charge is -2.14. The molecule has 1 aromatic rings. The fourth-order valence-corrected chi connectivity index (χ4v) is 3.09. The van der Waals surface area contributed by atoms with E-state index in [4.69, 9.17) is 10.8 Å². The largest absolute Gasteiger partial charge is 0.481 e. The van der Waals surface area contributed by atoms with Crippen LogP contribution in [0.25, 0.3) is 0 Å². The second kappa shape index (κ2) is 6.32. The number of carboxylic acids is 1. The molecule has 2 rings (SSSR count). The predicted molar refractivity (Wildman–Crippen MR) is 75.6 cm³/mol. The van der Waals surface area contributed by atoms with Crippen LogP contribution in [0.4, 0.5) is 0 Å². The Morgan fingerprint density at radius 3 is 3.00 bits per heavy atom. The number of likely N-dealkylation sites (tertiary alicyclic amines) is 1. The summed E-state index contributed by atoms with van der Waals surface area (Å²) in [6, 6.07) is -0.163. The van der Waals surface area contributed by atoms with Gasteiger partial charge in [0.15, 0.2) is 0 Å². The number of rotatable bonds is 5. The zero-order valence-electron chi connectivity index (χ0n) is 11.4. The number of hydrogen-bond acceptors (Lipinski definition) is 5. The molecule has 1 fully saturated rings. The molecule has 1 aliphatic heterocycles. The maximum absolute atomic E-state index is 12.3. The Bertz CT molecular complexity index is 501. The van der Waals surface area contributed by atoms with Gasteiger partial charge in [-0.1, -0.05) is 0 Å². The quantitative estimate of drug-likeness (QED) is 0.858. The first-order chi connectivity index (χ1) is 9.47. The van der Waals surface area contributed by atoms with Gasteiger partial charge in [-0.3, -0.25) is 9.59 Å². The Balaban J connectivity index is 1.91. The predicted octanol–water partition coefficient (Wildman–Crippen LogP) is 1.49. The number of nitrogens with two attached hydrogens (primary N) is 1. The monoisotopic (exact) mass is 297 g/mol. The van der Waals surface area contributed by atoms with E-state index in [9.17, 15) is 9.59 Å². The van der Waals surface area contributed by atoms with Gasteiger partial charge in [-0.25, -0.2) is 4.98 Å². The summed E-state index contributed by atoms with van der Waals surface area (Å²) >= 11 is 1.40. The number of nitrogens with zero attached hydrogens (tertiary/aromatic N) is 2. The fraction of sp³-hybridized carbons (Fsp3) is 0.615. The zero-order chi connectivity index (χ0) is 14.7. The molecule has 20 heavy (non-hydrogen) atoms. The molecule has 0 aliphatic carbocycles. The van der Waals surface area contributed by atoms with Crippen molar-refractivity contribution in [3.63, 3.8) is 0 Å². The van der Waals surface area contributed by atoms with Crippen molar-refractivity contribution in [2.75, 3.05) is 13.1 Å². The van der Waals surface area contributed by atoms with Crippen molar-refractivity contribution in [1.82, 2.24) is 9.88 Å². The van der Waals surface area contributed by atoms with Gasteiger partial charge in [0.05, 0.1) is 6.04 Å². The maximum Gasteiger partial charge on any atom is 0.303 e. The molecule has 0 bridgehead atoms. The van der Waals surface area contributed by atoms with Crippen molar-refractivity contribution >= 4 is 23.2 Å². The molecule has 2 unspecified atom stereocenters. The molecular formula is C13H19N3O3S. The van der Waals surface area contributed by atoms with Gasteiger partial charge in [-0.15, -0.1) is 11.3 Å². The molecule has 1 aromatic heterocycles. The van der Waals surface area contributed by atoms with Crippen molar-refractivity contribution in [2.45, 2.75) is 32.2 Å². The second-order valence-corrected chi connectivity index (χ2v) is 6.09. The van der Waals surface area contributed by atoms with Gasteiger partial charge in [-0.2, -0.15) is 0 Å². The van der Waals surface area contributed by atoms with Crippen LogP contribution in [0.2, 0.25) is 0 Å². The Kier molecular flexibility index (Phi) is 4.72. The molecule has 0 spiro atoms. The van der Waals surface area contributed by atoms with E-state index in [2.05, 4.69) is 4.98 Å². The van der Waals surface area contributed by atoms with Crippen LogP contribution in [0.5, 0.6) is 0 Å². The maximum atomic E-state index is 12.3. The van der Waals surface area contributed by atoms with Crippen LogP contribution in [-0.4, -0.2) is 40.0 Å². The van der Waals surface area contributed by atoms with Crippen molar-refractivity contribution in [2.24, 2.45) is 11.7 Å². The van der Waals surface area contributed by atoms with Crippen LogP contribution in [0.3, 0.4) is 0 Å². The van der Waals surface area contributed by atoms with Gasteiger partial charge in [-0.05, 0) is 25.7 Å². The third kappa shape index (κ3) is 3.55. The summed E-state index contributed by atoms with van der Waals surface area (Å²) in [5.74, 6) is -0.580. The molecule has 3 N–H and O–H groups in total. The molecule has 2 atom stereocenters. The third-order valence-electron chi connectivity index (χ3n) is 3.47. The summed E-state index contributed by atoms with van der Waals surface area (Å²) in [6.45, 7) is 3.14. The summed E-state index contributed by atoms with van der Waals surface area (Å²) in [6.07, 6.45) is 1.66. The van der Waals surface area contributed by atoms with Gasteiger partial charge < -0.3 is 15.7 Å². The molecule has 1 aliphatic rings. The molecule has 0 saturated carbocycles. The zero-order valence-corrected chi connectivity index (χ0v) is 12.2. The summed E-state index contributed by atoms with van der Waals surface area (Å²) in [4.78, 5) is 28.9. The molecular weight excluding hydrogens is 278 g/mol. The summed E-state index contributed by atoms with van der Waals surface area (Å²) < 4.78 is 0. The lowest BCUT2D eigenvalue weighted by molar-refractivity contribution is -0.137. The number of carbonyl (C=O) groups is 2. The van der Waals surface area contributed by atoms with Crippen LogP contribution in [0.15, 0.2) is 5.38 Å². The van der Waals surface area contributed by atoms with E-state index in [0.29, 0.717) is 25.2 Å². The van der Waals surface area contributed by atoms with Crippen LogP contribution in [-0.2, 0) is 4.79 Å². The highest BCUT2D eigenvalue weighted by molar-refractivity contribution is 7.09. The van der Waals surface area contributed by atoms with Crippen molar-refractivity contribution in [3.8, 4) is 0 Å². The van der Waals surface area contributed by atoms with Gasteiger partial charge in [0.1, 0.15) is 10.7 Å². The minimum Gasteiger partial charge on any atom is -0.481 e. The molecule has 1 saturated heterocycles. The Morgan fingerprint density at radius 2 is 2.40 bits per heavy atom. The van der Waals surface area contributed by atoms with Crippen LogP contribution in [0.1, 0.15) is 47.7 Å². The lowest BCUT2D eigenvalue weighted by Crippen LogP contribution is -2.29. The molecule has 0 radical (unpaired) electrons. The number of carboxylic acid groups (broad SMARTS) is 1. The Labute approximate surface area is 121 Å². The van der Waals surface area contributed by atoms with Crippen LogP contribution < -0.4 is 5.73 Å². The molecule has 7 heteroatoms. The summed E-state index contributed by atoms with van der Waals surface area (Å²) in [5, 5.41) is 11.2. The first-order valence-electron chi connectivity index (χ1n) is 6.69. The molecule has 2 heterocycles. The average Bonchev–Trinajstić information content (AvgIpc) is 3.05. The first-order valence-corrected chi connectivity index (χ1v) is 7.57. The van der Waals surface area contributed by atoms with E-state index in [1.54, 1.807) is 10.3 Å². The third-order valence-corrected chi connectivity index (χ3v) is 4.52. The van der Waals surface area contributed by atoms with E-state index in [0.717, 1.165) is 11.4 Å². The van der Waals surface area contributed by atoms with E-state index in [-0.39, 0.29) is 24.3 Å². The highest BCUT2D eigenvalue weighted by Gasteiger charge is 2.28. The number of thiazole rings is 1. The highest BCUT2D eigenvalue weighted by Crippen LogP contribution is 2.24. The molecule has 0 aromatic carbocycles. The van der Waals surface area contributed by atoms with Crippen molar-refractivity contribution in [1.29, 1.82) is 0 Å². The van der Waals surface area contributed by atoms with Gasteiger partial charge >= 0.3 is 5.97 Å². The lowest BCUT2D eigenvalue weighted by atomic mass is 10.0. The minimum absolute atomic E-state index is 0.0778. The molecule has 6 nitrogen and oxygen atoms in total. The van der Waals surface area contributed by atoms with E-state index < -0.39 is 5.97 Å². The number of aliphatic carboxylic acids is 1. The average molecular weight is 297 g/mol. The van der Waals surface area contributed by atoms with Crippen LogP contribution in [0, 0.1) is 5.92 Å². The van der Waals surface area contributed by atoms with Gasteiger partial charge in [0.25, 0.3) is 5.91 Å². The number of carbonyl (C=O) groups excluding carboxylic acids is 1. The highest BCUT2D eigenvalue weighted by atomic mass is 32.1. The van der Waals surface area contributed by atoms with Gasteiger partial charge in [0.2, 0.25) is 0 Å². The number of hydrogen-bond donors (Lipinski definition) is 2. The normalized spacial score (nSPS) is 20.1. The first kappa shape index (κ1) is 14.9. The smallest absolute Gasteiger partial charge is 0.303 e. The summed E-state index contributed by atoms with van der Waals surface area (Å²) in [5.41, 5.74) is 6.18. The SMILES string of the molecule is CC(N)c1nc(C(=O)N2CCC(CCC(=O)O)C2)cs1. The molecule has 110 valence electrons. The standard InChI is InChI=1S/C13H19N3O3S/c1-8(14)12-15-10(7-20-12)13(19)16-5-4-9(6-16)2-3-11(17)18/h7-9H,2-6,14H2,1H3,(H,17,18). The summed E-state index contributed by atoms with van der Waals surface area (Å²) in [7, 11) is 0. The van der Waals surface area contributed by atoms with E-state index >= 15 is 0 Å². The molecule has 1 amide bonds. The minimum atomic E-state index is -0.782.